The Bertz CT molecular complexity index is 320. The number of carbonyl (C=O) groups excluding carboxylic acids is 1. The fourth-order valence-electron chi connectivity index (χ4n) is 2.40. The maximum atomic E-state index is 11.7. The summed E-state index contributed by atoms with van der Waals surface area (Å²) in [5, 5.41) is 11.6. The SMILES string of the molecule is CCCC1(CNC(=O)N2CC(C(=O)O)C2)CC1. The molecule has 5 nitrogen and oxygen atoms in total. The van der Waals surface area contributed by atoms with E-state index in [9.17, 15) is 9.59 Å². The van der Waals surface area contributed by atoms with E-state index in [0.717, 1.165) is 13.0 Å². The molecule has 1 saturated carbocycles. The monoisotopic (exact) mass is 240 g/mol. The molecule has 0 aromatic rings. The Labute approximate surface area is 101 Å². The van der Waals surface area contributed by atoms with Gasteiger partial charge < -0.3 is 15.3 Å². The molecule has 5 heteroatoms. The molecule has 1 saturated heterocycles. The number of nitrogens with zero attached hydrogens (tertiary/aromatic N) is 1. The van der Waals surface area contributed by atoms with Gasteiger partial charge in [0.2, 0.25) is 0 Å². The normalized spacial score (nSPS) is 21.8. The van der Waals surface area contributed by atoms with Crippen molar-refractivity contribution in [2.75, 3.05) is 19.6 Å². The molecule has 17 heavy (non-hydrogen) atoms. The third kappa shape index (κ3) is 2.70. The lowest BCUT2D eigenvalue weighted by atomic mass is 10.00. The summed E-state index contributed by atoms with van der Waals surface area (Å²) in [6.07, 6.45) is 4.74. The molecule has 2 fully saturated rings. The summed E-state index contributed by atoms with van der Waals surface area (Å²) in [5.41, 5.74) is 0.349. The molecule has 0 aromatic carbocycles. The molecule has 1 aliphatic carbocycles. The predicted octanol–water partition coefficient (Wildman–Crippen LogP) is 1.29. The van der Waals surface area contributed by atoms with E-state index < -0.39 is 5.97 Å². The average Bonchev–Trinajstić information content (AvgIpc) is 2.93. The highest BCUT2D eigenvalue weighted by Gasteiger charge is 2.42. The molecular weight excluding hydrogens is 220 g/mol. The first kappa shape index (κ1) is 12.2. The van der Waals surface area contributed by atoms with Gasteiger partial charge in [-0.1, -0.05) is 13.3 Å². The molecule has 0 spiro atoms. The Morgan fingerprint density at radius 1 is 1.41 bits per heavy atom. The third-order valence-corrected chi connectivity index (χ3v) is 3.87. The number of hydrogen-bond acceptors (Lipinski definition) is 2. The minimum absolute atomic E-state index is 0.107. The number of carboxylic acid groups (broad SMARTS) is 1. The zero-order valence-corrected chi connectivity index (χ0v) is 10.2. The van der Waals surface area contributed by atoms with Crippen molar-refractivity contribution in [2.24, 2.45) is 11.3 Å². The van der Waals surface area contributed by atoms with Crippen molar-refractivity contribution in [3.05, 3.63) is 0 Å². The van der Waals surface area contributed by atoms with Crippen molar-refractivity contribution in [3.8, 4) is 0 Å². The van der Waals surface area contributed by atoms with Crippen LogP contribution in [0.4, 0.5) is 4.79 Å². The maximum absolute atomic E-state index is 11.7. The van der Waals surface area contributed by atoms with E-state index in [2.05, 4.69) is 12.2 Å². The molecular formula is C12H20N2O3. The second kappa shape index (κ2) is 4.55. The Hall–Kier alpha value is -1.26. The summed E-state index contributed by atoms with van der Waals surface area (Å²) in [6.45, 7) is 3.60. The molecule has 0 atom stereocenters. The molecule has 0 radical (unpaired) electrons. The van der Waals surface area contributed by atoms with Gasteiger partial charge in [-0.3, -0.25) is 4.79 Å². The van der Waals surface area contributed by atoms with Crippen LogP contribution >= 0.6 is 0 Å². The predicted molar refractivity (Wildman–Crippen MR) is 62.7 cm³/mol. The first-order valence-corrected chi connectivity index (χ1v) is 6.32. The van der Waals surface area contributed by atoms with Crippen LogP contribution < -0.4 is 5.32 Å². The average molecular weight is 240 g/mol. The van der Waals surface area contributed by atoms with Crippen LogP contribution in [0.5, 0.6) is 0 Å². The zero-order chi connectivity index (χ0) is 12.5. The van der Waals surface area contributed by atoms with Crippen LogP contribution in [-0.2, 0) is 4.79 Å². The van der Waals surface area contributed by atoms with E-state index in [4.69, 9.17) is 5.11 Å². The lowest BCUT2D eigenvalue weighted by molar-refractivity contribution is -0.146. The van der Waals surface area contributed by atoms with E-state index in [1.807, 2.05) is 0 Å². The highest BCUT2D eigenvalue weighted by molar-refractivity contribution is 5.79. The maximum Gasteiger partial charge on any atom is 0.317 e. The standard InChI is InChI=1S/C12H20N2O3/c1-2-3-12(4-5-12)8-13-11(17)14-6-9(7-14)10(15)16/h9H,2-8H2,1H3,(H,13,17)(H,15,16). The fraction of sp³-hybridized carbons (Fsp3) is 0.833. The second-order valence-corrected chi connectivity index (χ2v) is 5.35. The van der Waals surface area contributed by atoms with Crippen LogP contribution in [0, 0.1) is 11.3 Å². The molecule has 2 rings (SSSR count). The lowest BCUT2D eigenvalue weighted by Crippen LogP contribution is -2.56. The number of likely N-dealkylation sites (tertiary alicyclic amines) is 1. The van der Waals surface area contributed by atoms with Gasteiger partial charge in [-0.25, -0.2) is 4.79 Å². The smallest absolute Gasteiger partial charge is 0.317 e. The lowest BCUT2D eigenvalue weighted by Gasteiger charge is -2.36. The number of hydrogen-bond donors (Lipinski definition) is 2. The molecule has 1 aliphatic heterocycles. The highest BCUT2D eigenvalue weighted by Crippen LogP contribution is 2.48. The van der Waals surface area contributed by atoms with Gasteiger partial charge in [0, 0.05) is 19.6 Å². The van der Waals surface area contributed by atoms with Crippen LogP contribution in [0.25, 0.3) is 0 Å². The minimum Gasteiger partial charge on any atom is -0.481 e. The number of urea groups is 1. The van der Waals surface area contributed by atoms with Gasteiger partial charge in [-0.15, -0.1) is 0 Å². The molecule has 0 aromatic heterocycles. The summed E-state index contributed by atoms with van der Waals surface area (Å²) in [6, 6.07) is -0.107. The number of nitrogens with one attached hydrogen (secondary N) is 1. The summed E-state index contributed by atoms with van der Waals surface area (Å²) < 4.78 is 0. The second-order valence-electron chi connectivity index (χ2n) is 5.35. The third-order valence-electron chi connectivity index (χ3n) is 3.87. The van der Waals surface area contributed by atoms with Gasteiger partial charge in [0.25, 0.3) is 0 Å². The van der Waals surface area contributed by atoms with Crippen molar-refractivity contribution < 1.29 is 14.7 Å². The quantitative estimate of drug-likeness (QED) is 0.760. The van der Waals surface area contributed by atoms with Crippen LogP contribution in [0.1, 0.15) is 32.6 Å². The van der Waals surface area contributed by atoms with E-state index in [0.29, 0.717) is 18.5 Å². The fourth-order valence-corrected chi connectivity index (χ4v) is 2.40. The molecule has 0 bridgehead atoms. The molecule has 0 unspecified atom stereocenters. The number of aliphatic carboxylic acids is 1. The van der Waals surface area contributed by atoms with E-state index >= 15 is 0 Å². The van der Waals surface area contributed by atoms with Gasteiger partial charge in [0.15, 0.2) is 0 Å². The zero-order valence-electron chi connectivity index (χ0n) is 10.2. The molecule has 2 N–H and O–H groups in total. The summed E-state index contributed by atoms with van der Waals surface area (Å²) in [5.74, 6) is -1.18. The molecule has 1 heterocycles. The Morgan fingerprint density at radius 2 is 2.06 bits per heavy atom. The highest BCUT2D eigenvalue weighted by atomic mass is 16.4. The number of carbonyl (C=O) groups is 2. The van der Waals surface area contributed by atoms with Crippen molar-refractivity contribution in [2.45, 2.75) is 32.6 Å². The molecule has 2 amide bonds. The van der Waals surface area contributed by atoms with Gasteiger partial charge in [0.05, 0.1) is 5.92 Å². The summed E-state index contributed by atoms with van der Waals surface area (Å²) >= 11 is 0. The largest absolute Gasteiger partial charge is 0.481 e. The van der Waals surface area contributed by atoms with Crippen molar-refractivity contribution in [1.29, 1.82) is 0 Å². The number of carboxylic acids is 1. The van der Waals surface area contributed by atoms with Crippen molar-refractivity contribution >= 4 is 12.0 Å². The Morgan fingerprint density at radius 3 is 2.53 bits per heavy atom. The van der Waals surface area contributed by atoms with Gasteiger partial charge in [-0.2, -0.15) is 0 Å². The number of amides is 2. The summed E-state index contributed by atoms with van der Waals surface area (Å²) in [4.78, 5) is 23.9. The minimum atomic E-state index is -0.807. The van der Waals surface area contributed by atoms with E-state index in [1.54, 1.807) is 4.90 Å². The summed E-state index contributed by atoms with van der Waals surface area (Å²) in [7, 11) is 0. The first-order chi connectivity index (χ1) is 8.06. The first-order valence-electron chi connectivity index (χ1n) is 6.32. The van der Waals surface area contributed by atoms with Gasteiger partial charge in [0.1, 0.15) is 0 Å². The van der Waals surface area contributed by atoms with E-state index in [-0.39, 0.29) is 11.9 Å². The van der Waals surface area contributed by atoms with Crippen molar-refractivity contribution in [3.63, 3.8) is 0 Å². The molecule has 2 aliphatic rings. The van der Waals surface area contributed by atoms with Gasteiger partial charge >= 0.3 is 12.0 Å². The van der Waals surface area contributed by atoms with Crippen LogP contribution in [0.2, 0.25) is 0 Å². The van der Waals surface area contributed by atoms with Crippen LogP contribution in [0.3, 0.4) is 0 Å². The van der Waals surface area contributed by atoms with Crippen LogP contribution in [0.15, 0.2) is 0 Å². The molecule has 96 valence electrons. The Balaban J connectivity index is 1.67. The number of rotatable bonds is 5. The van der Waals surface area contributed by atoms with Gasteiger partial charge in [-0.05, 0) is 24.7 Å². The van der Waals surface area contributed by atoms with Crippen molar-refractivity contribution in [1.82, 2.24) is 10.2 Å². The topological polar surface area (TPSA) is 69.6 Å². The Kier molecular flexibility index (Phi) is 3.26. The van der Waals surface area contributed by atoms with E-state index in [1.165, 1.54) is 19.3 Å². The van der Waals surface area contributed by atoms with Crippen LogP contribution in [-0.4, -0.2) is 41.6 Å².